The van der Waals surface area contributed by atoms with Crippen LogP contribution in [0, 0.1) is 0 Å². The number of carbonyl (C=O) groups is 3. The number of esters is 2. The Morgan fingerprint density at radius 3 is 2.25 bits per heavy atom. The molecule has 1 aromatic heterocycles. The molecule has 1 unspecified atom stereocenters. The van der Waals surface area contributed by atoms with Gasteiger partial charge in [-0.15, -0.1) is 0 Å². The summed E-state index contributed by atoms with van der Waals surface area (Å²) in [6.07, 6.45) is -0.340. The number of hydrogen-bond acceptors (Lipinski definition) is 8. The fourth-order valence-electron chi connectivity index (χ4n) is 4.56. The molecule has 0 bridgehead atoms. The van der Waals surface area contributed by atoms with Crippen LogP contribution in [0.4, 0.5) is 10.5 Å². The van der Waals surface area contributed by atoms with Crippen molar-refractivity contribution in [1.82, 2.24) is 9.55 Å². The zero-order valence-electron chi connectivity index (χ0n) is 21.8. The van der Waals surface area contributed by atoms with Crippen molar-refractivity contribution in [2.45, 2.75) is 19.1 Å². The summed E-state index contributed by atoms with van der Waals surface area (Å²) in [6, 6.07) is 23.7. The average Bonchev–Trinajstić information content (AvgIpc) is 3.38. The van der Waals surface area contributed by atoms with E-state index in [2.05, 4.69) is 4.98 Å². The Hall–Kier alpha value is -5.25. The number of nitrogens with zero attached hydrogens (tertiary/aromatic N) is 3. The number of benzene rings is 3. The van der Waals surface area contributed by atoms with Gasteiger partial charge >= 0.3 is 18.0 Å². The first-order chi connectivity index (χ1) is 19.4. The Labute approximate surface area is 229 Å². The monoisotopic (exact) mass is 539 g/mol. The fourth-order valence-corrected chi connectivity index (χ4v) is 4.56. The van der Waals surface area contributed by atoms with Gasteiger partial charge in [0.05, 0.1) is 18.4 Å². The number of ether oxygens (including phenoxy) is 3. The van der Waals surface area contributed by atoms with E-state index in [1.165, 1.54) is 24.1 Å². The number of para-hydroxylation sites is 1. The van der Waals surface area contributed by atoms with Crippen molar-refractivity contribution in [3.8, 4) is 5.75 Å². The molecule has 1 atom stereocenters. The topological polar surface area (TPSA) is 117 Å². The third kappa shape index (κ3) is 5.06. The molecule has 0 saturated heterocycles. The van der Waals surface area contributed by atoms with Crippen molar-refractivity contribution < 1.29 is 28.6 Å². The van der Waals surface area contributed by atoms with E-state index < -0.39 is 41.1 Å². The van der Waals surface area contributed by atoms with E-state index in [9.17, 15) is 19.2 Å². The molecule has 0 saturated carbocycles. The third-order valence-electron chi connectivity index (χ3n) is 6.54. The van der Waals surface area contributed by atoms with Gasteiger partial charge in [0.25, 0.3) is 5.56 Å². The van der Waals surface area contributed by atoms with Crippen molar-refractivity contribution in [3.63, 3.8) is 0 Å². The first kappa shape index (κ1) is 26.4. The molecule has 0 fully saturated rings. The second-order valence-corrected chi connectivity index (χ2v) is 9.02. The summed E-state index contributed by atoms with van der Waals surface area (Å²) in [5, 5.41) is 0. The SMILES string of the molecule is COC(=O)c1nc(C2Cc3ccccc3N2C(=O)OCc2ccccc2)n(C)c(=O)c1OC(=O)c1ccccc1. The number of anilines is 1. The number of fused-ring (bicyclic) bond motifs is 1. The molecule has 2 heterocycles. The smallest absolute Gasteiger partial charge is 0.415 e. The van der Waals surface area contributed by atoms with Crippen LogP contribution in [0.25, 0.3) is 0 Å². The van der Waals surface area contributed by atoms with Gasteiger partial charge in [-0.3, -0.25) is 14.3 Å². The van der Waals surface area contributed by atoms with E-state index in [-0.39, 0.29) is 18.0 Å². The number of rotatable bonds is 6. The minimum atomic E-state index is -0.969. The largest absolute Gasteiger partial charge is 0.464 e. The summed E-state index contributed by atoms with van der Waals surface area (Å²) in [4.78, 5) is 58.3. The summed E-state index contributed by atoms with van der Waals surface area (Å²) in [7, 11) is 2.56. The zero-order valence-corrected chi connectivity index (χ0v) is 21.8. The van der Waals surface area contributed by atoms with Crippen molar-refractivity contribution >= 4 is 23.7 Å². The number of carbonyl (C=O) groups excluding carboxylic acids is 3. The molecule has 10 nitrogen and oxygen atoms in total. The van der Waals surface area contributed by atoms with Crippen LogP contribution in [-0.2, 0) is 29.5 Å². The van der Waals surface area contributed by atoms with Crippen molar-refractivity contribution in [3.05, 3.63) is 123 Å². The molecule has 0 radical (unpaired) electrons. The van der Waals surface area contributed by atoms with Crippen LogP contribution >= 0.6 is 0 Å². The van der Waals surface area contributed by atoms with Crippen LogP contribution in [0.15, 0.2) is 89.7 Å². The van der Waals surface area contributed by atoms with Gasteiger partial charge in [0.15, 0.2) is 5.69 Å². The van der Waals surface area contributed by atoms with Gasteiger partial charge < -0.3 is 14.2 Å². The normalized spacial score (nSPS) is 13.8. The Kier molecular flexibility index (Phi) is 7.41. The molecule has 5 rings (SSSR count). The first-order valence-electron chi connectivity index (χ1n) is 12.4. The molecule has 1 amide bonds. The molecule has 1 aliphatic rings. The number of methoxy groups -OCH3 is 1. The van der Waals surface area contributed by atoms with Crippen LogP contribution < -0.4 is 15.2 Å². The van der Waals surface area contributed by atoms with E-state index in [4.69, 9.17) is 14.2 Å². The van der Waals surface area contributed by atoms with Crippen LogP contribution in [0.1, 0.15) is 43.8 Å². The van der Waals surface area contributed by atoms with Gasteiger partial charge in [0.2, 0.25) is 5.75 Å². The lowest BCUT2D eigenvalue weighted by Crippen LogP contribution is -2.38. The van der Waals surface area contributed by atoms with Gasteiger partial charge in [-0.25, -0.2) is 19.4 Å². The molecule has 1 aliphatic heterocycles. The Bertz CT molecular complexity index is 1630. The van der Waals surface area contributed by atoms with E-state index in [0.29, 0.717) is 12.1 Å². The van der Waals surface area contributed by atoms with Gasteiger partial charge in [-0.05, 0) is 29.3 Å². The summed E-state index contributed by atoms with van der Waals surface area (Å²) in [5.41, 5.74) is 1.16. The predicted octanol–water partition coefficient (Wildman–Crippen LogP) is 4.23. The molecule has 0 aliphatic carbocycles. The number of amides is 1. The molecular formula is C30H25N3O7. The second kappa shape index (κ2) is 11.2. The highest BCUT2D eigenvalue weighted by atomic mass is 16.6. The minimum absolute atomic E-state index is 0.0409. The minimum Gasteiger partial charge on any atom is -0.464 e. The molecule has 0 spiro atoms. The van der Waals surface area contributed by atoms with Crippen molar-refractivity contribution in [2.75, 3.05) is 12.0 Å². The average molecular weight is 540 g/mol. The highest BCUT2D eigenvalue weighted by Crippen LogP contribution is 2.40. The number of hydrogen-bond donors (Lipinski definition) is 0. The van der Waals surface area contributed by atoms with E-state index in [1.807, 2.05) is 42.5 Å². The summed E-state index contributed by atoms with van der Waals surface area (Å²) in [6.45, 7) is 0.0409. The Morgan fingerprint density at radius 1 is 0.900 bits per heavy atom. The quantitative estimate of drug-likeness (QED) is 0.334. The van der Waals surface area contributed by atoms with Crippen LogP contribution in [0.2, 0.25) is 0 Å². The van der Waals surface area contributed by atoms with Gasteiger partial charge in [0.1, 0.15) is 18.5 Å². The summed E-state index contributed by atoms with van der Waals surface area (Å²) in [5.74, 6) is -2.28. The molecular weight excluding hydrogens is 514 g/mol. The lowest BCUT2D eigenvalue weighted by Gasteiger charge is -2.26. The summed E-state index contributed by atoms with van der Waals surface area (Å²) >= 11 is 0. The molecule has 4 aromatic rings. The summed E-state index contributed by atoms with van der Waals surface area (Å²) < 4.78 is 17.0. The Balaban J connectivity index is 1.54. The lowest BCUT2D eigenvalue weighted by molar-refractivity contribution is 0.0583. The number of aromatic nitrogens is 2. The fraction of sp³-hybridized carbons (Fsp3) is 0.167. The van der Waals surface area contributed by atoms with Crippen LogP contribution in [0.3, 0.4) is 0 Å². The molecule has 3 aromatic carbocycles. The van der Waals surface area contributed by atoms with E-state index in [0.717, 1.165) is 22.8 Å². The van der Waals surface area contributed by atoms with Gasteiger partial charge in [-0.1, -0.05) is 66.7 Å². The maximum absolute atomic E-state index is 13.5. The molecule has 40 heavy (non-hydrogen) atoms. The van der Waals surface area contributed by atoms with Crippen molar-refractivity contribution in [1.29, 1.82) is 0 Å². The lowest BCUT2D eigenvalue weighted by atomic mass is 10.1. The first-order valence-corrected chi connectivity index (χ1v) is 12.4. The maximum Gasteiger partial charge on any atom is 0.415 e. The third-order valence-corrected chi connectivity index (χ3v) is 6.54. The van der Waals surface area contributed by atoms with E-state index in [1.54, 1.807) is 30.3 Å². The van der Waals surface area contributed by atoms with Crippen molar-refractivity contribution in [2.24, 2.45) is 7.05 Å². The van der Waals surface area contributed by atoms with Crippen LogP contribution in [-0.4, -0.2) is 34.7 Å². The molecule has 0 N–H and O–H groups in total. The van der Waals surface area contributed by atoms with E-state index >= 15 is 0 Å². The standard InChI is InChI=1S/C30H25N3O7/c1-32-26(31-24(29(36)38-2)25(27(32)34)40-28(35)20-13-7-4-8-14-20)23-17-21-15-9-10-16-22(21)33(23)30(37)39-18-19-11-5-3-6-12-19/h3-16,23H,17-18H2,1-2H3. The predicted molar refractivity (Wildman–Crippen MR) is 144 cm³/mol. The second-order valence-electron chi connectivity index (χ2n) is 9.02. The van der Waals surface area contributed by atoms with Crippen LogP contribution in [0.5, 0.6) is 5.75 Å². The van der Waals surface area contributed by atoms with Gasteiger partial charge in [0, 0.05) is 13.5 Å². The Morgan fingerprint density at radius 2 is 1.55 bits per heavy atom. The highest BCUT2D eigenvalue weighted by molar-refractivity contribution is 5.95. The molecule has 202 valence electrons. The van der Waals surface area contributed by atoms with Gasteiger partial charge in [-0.2, -0.15) is 0 Å². The maximum atomic E-state index is 13.5. The zero-order chi connectivity index (χ0) is 28.2. The highest BCUT2D eigenvalue weighted by Gasteiger charge is 2.39. The molecule has 10 heteroatoms.